The Morgan fingerprint density at radius 2 is 1.96 bits per heavy atom. The quantitative estimate of drug-likeness (QED) is 0.597. The van der Waals surface area contributed by atoms with Crippen LogP contribution >= 0.6 is 11.3 Å². The van der Waals surface area contributed by atoms with E-state index >= 15 is 0 Å². The summed E-state index contributed by atoms with van der Waals surface area (Å²) in [7, 11) is 0. The SMILES string of the molecule is Cc1ccc(-c2ccsc2C(=O)Nc2cccc(-n3cnnn3)c2)cc1. The summed E-state index contributed by atoms with van der Waals surface area (Å²) < 4.78 is 1.54. The van der Waals surface area contributed by atoms with Crippen molar-refractivity contribution in [1.82, 2.24) is 20.2 Å². The van der Waals surface area contributed by atoms with Crippen molar-refractivity contribution in [2.75, 3.05) is 5.32 Å². The minimum Gasteiger partial charge on any atom is -0.321 e. The summed E-state index contributed by atoms with van der Waals surface area (Å²) in [5.74, 6) is -0.135. The lowest BCUT2D eigenvalue weighted by Crippen LogP contribution is -2.11. The van der Waals surface area contributed by atoms with E-state index in [-0.39, 0.29) is 5.91 Å². The van der Waals surface area contributed by atoms with E-state index in [1.165, 1.54) is 23.2 Å². The van der Waals surface area contributed by atoms with Crippen LogP contribution < -0.4 is 5.32 Å². The number of hydrogen-bond acceptors (Lipinski definition) is 5. The first-order valence-electron chi connectivity index (χ1n) is 8.00. The third-order valence-electron chi connectivity index (χ3n) is 3.95. The zero-order valence-electron chi connectivity index (χ0n) is 14.0. The van der Waals surface area contributed by atoms with Crippen LogP contribution in [0.5, 0.6) is 0 Å². The summed E-state index contributed by atoms with van der Waals surface area (Å²) in [6.45, 7) is 2.04. The molecular formula is C19H15N5OS. The lowest BCUT2D eigenvalue weighted by molar-refractivity contribution is 0.103. The minimum absolute atomic E-state index is 0.135. The van der Waals surface area contributed by atoms with Crippen molar-refractivity contribution < 1.29 is 4.79 Å². The highest BCUT2D eigenvalue weighted by Crippen LogP contribution is 2.29. The highest BCUT2D eigenvalue weighted by atomic mass is 32.1. The Bertz CT molecular complexity index is 1040. The van der Waals surface area contributed by atoms with Gasteiger partial charge in [-0.15, -0.1) is 16.4 Å². The van der Waals surface area contributed by atoms with Crippen molar-refractivity contribution in [1.29, 1.82) is 0 Å². The molecule has 0 atom stereocenters. The van der Waals surface area contributed by atoms with Crippen LogP contribution in [0.4, 0.5) is 5.69 Å². The summed E-state index contributed by atoms with van der Waals surface area (Å²) in [6.07, 6.45) is 1.51. The number of aryl methyl sites for hydroxylation is 1. The monoisotopic (exact) mass is 361 g/mol. The highest BCUT2D eigenvalue weighted by Gasteiger charge is 2.15. The number of aromatic nitrogens is 4. The first-order chi connectivity index (χ1) is 12.7. The van der Waals surface area contributed by atoms with Gasteiger partial charge in [-0.1, -0.05) is 35.9 Å². The van der Waals surface area contributed by atoms with Gasteiger partial charge >= 0.3 is 0 Å². The van der Waals surface area contributed by atoms with Crippen LogP contribution in [0.15, 0.2) is 66.3 Å². The molecule has 0 aliphatic heterocycles. The van der Waals surface area contributed by atoms with Crippen molar-refractivity contribution >= 4 is 22.9 Å². The molecule has 0 aliphatic carbocycles. The van der Waals surface area contributed by atoms with E-state index in [1.807, 2.05) is 66.9 Å². The maximum atomic E-state index is 12.8. The van der Waals surface area contributed by atoms with Crippen LogP contribution in [0.3, 0.4) is 0 Å². The molecule has 0 bridgehead atoms. The maximum Gasteiger partial charge on any atom is 0.266 e. The smallest absolute Gasteiger partial charge is 0.266 e. The van der Waals surface area contributed by atoms with Crippen molar-refractivity contribution in [3.8, 4) is 16.8 Å². The van der Waals surface area contributed by atoms with Gasteiger partial charge in [0.15, 0.2) is 0 Å². The summed E-state index contributed by atoms with van der Waals surface area (Å²) in [5, 5.41) is 16.0. The molecular weight excluding hydrogens is 346 g/mol. The fourth-order valence-electron chi connectivity index (χ4n) is 2.64. The molecule has 7 heteroatoms. The Morgan fingerprint density at radius 1 is 1.12 bits per heavy atom. The second-order valence-corrected chi connectivity index (χ2v) is 6.70. The van der Waals surface area contributed by atoms with E-state index in [1.54, 1.807) is 4.68 Å². The second-order valence-electron chi connectivity index (χ2n) is 5.79. The fourth-order valence-corrected chi connectivity index (χ4v) is 3.45. The van der Waals surface area contributed by atoms with Gasteiger partial charge in [0.25, 0.3) is 5.91 Å². The van der Waals surface area contributed by atoms with Crippen LogP contribution in [-0.2, 0) is 0 Å². The highest BCUT2D eigenvalue weighted by molar-refractivity contribution is 7.12. The number of nitrogens with zero attached hydrogens (tertiary/aromatic N) is 4. The van der Waals surface area contributed by atoms with Gasteiger partial charge in [0.2, 0.25) is 0 Å². The van der Waals surface area contributed by atoms with Gasteiger partial charge < -0.3 is 5.32 Å². The molecule has 2 aromatic heterocycles. The average molecular weight is 361 g/mol. The lowest BCUT2D eigenvalue weighted by Gasteiger charge is -2.08. The molecule has 6 nitrogen and oxygen atoms in total. The maximum absolute atomic E-state index is 12.8. The number of carbonyl (C=O) groups excluding carboxylic acids is 1. The van der Waals surface area contributed by atoms with E-state index in [4.69, 9.17) is 0 Å². The van der Waals surface area contributed by atoms with Crippen LogP contribution in [0, 0.1) is 6.92 Å². The number of tetrazole rings is 1. The molecule has 4 aromatic rings. The van der Waals surface area contributed by atoms with E-state index in [2.05, 4.69) is 20.8 Å². The minimum atomic E-state index is -0.135. The topological polar surface area (TPSA) is 72.7 Å². The van der Waals surface area contributed by atoms with Crippen molar-refractivity contribution in [2.24, 2.45) is 0 Å². The summed E-state index contributed by atoms with van der Waals surface area (Å²) in [5.41, 5.74) is 4.62. The Labute approximate surface area is 154 Å². The van der Waals surface area contributed by atoms with Gasteiger partial charge in [0, 0.05) is 11.3 Å². The zero-order valence-corrected chi connectivity index (χ0v) is 14.8. The Hall–Kier alpha value is -3.32. The predicted molar refractivity (Wildman–Crippen MR) is 102 cm³/mol. The molecule has 0 fully saturated rings. The van der Waals surface area contributed by atoms with Crippen molar-refractivity contribution in [3.05, 3.63) is 76.7 Å². The Kier molecular flexibility index (Phi) is 4.28. The van der Waals surface area contributed by atoms with Gasteiger partial charge in [-0.2, -0.15) is 0 Å². The van der Waals surface area contributed by atoms with E-state index in [0.29, 0.717) is 10.6 Å². The first kappa shape index (κ1) is 16.2. The van der Waals surface area contributed by atoms with Crippen LogP contribution in [-0.4, -0.2) is 26.1 Å². The van der Waals surface area contributed by atoms with Crippen molar-refractivity contribution in [2.45, 2.75) is 6.92 Å². The Balaban J connectivity index is 1.59. The number of nitrogens with one attached hydrogen (secondary N) is 1. The molecule has 1 N–H and O–H groups in total. The largest absolute Gasteiger partial charge is 0.321 e. The second kappa shape index (κ2) is 6.89. The van der Waals surface area contributed by atoms with Crippen molar-refractivity contribution in [3.63, 3.8) is 0 Å². The molecule has 128 valence electrons. The standard InChI is InChI=1S/C19H15N5OS/c1-13-5-7-14(8-6-13)17-9-10-26-18(17)19(25)21-15-3-2-4-16(11-15)24-12-20-22-23-24/h2-12H,1H3,(H,21,25). The van der Waals surface area contributed by atoms with E-state index in [9.17, 15) is 4.79 Å². The number of benzene rings is 2. The fraction of sp³-hybridized carbons (Fsp3) is 0.0526. The molecule has 2 heterocycles. The number of thiophene rings is 1. The first-order valence-corrected chi connectivity index (χ1v) is 8.88. The van der Waals surface area contributed by atoms with E-state index < -0.39 is 0 Å². The number of anilines is 1. The van der Waals surface area contributed by atoms with Gasteiger partial charge in [-0.05, 0) is 52.6 Å². The number of rotatable bonds is 4. The third-order valence-corrected chi connectivity index (χ3v) is 4.86. The van der Waals surface area contributed by atoms with Gasteiger partial charge in [-0.3, -0.25) is 4.79 Å². The molecule has 0 saturated heterocycles. The lowest BCUT2D eigenvalue weighted by atomic mass is 10.0. The molecule has 0 spiro atoms. The number of hydrogen-bond donors (Lipinski definition) is 1. The molecule has 0 saturated carbocycles. The molecule has 1 amide bonds. The van der Waals surface area contributed by atoms with Gasteiger partial charge in [-0.25, -0.2) is 4.68 Å². The zero-order chi connectivity index (χ0) is 17.9. The van der Waals surface area contributed by atoms with E-state index in [0.717, 1.165) is 16.8 Å². The molecule has 0 unspecified atom stereocenters. The molecule has 4 rings (SSSR count). The van der Waals surface area contributed by atoms with Crippen LogP contribution in [0.1, 0.15) is 15.2 Å². The predicted octanol–water partition coefficient (Wildman–Crippen LogP) is 3.95. The van der Waals surface area contributed by atoms with Gasteiger partial charge in [0.05, 0.1) is 10.6 Å². The molecule has 0 radical (unpaired) electrons. The molecule has 26 heavy (non-hydrogen) atoms. The summed E-state index contributed by atoms with van der Waals surface area (Å²) in [4.78, 5) is 13.5. The summed E-state index contributed by atoms with van der Waals surface area (Å²) in [6, 6.07) is 17.5. The molecule has 2 aromatic carbocycles. The number of amides is 1. The normalized spacial score (nSPS) is 10.7. The van der Waals surface area contributed by atoms with Crippen LogP contribution in [0.2, 0.25) is 0 Å². The summed E-state index contributed by atoms with van der Waals surface area (Å²) >= 11 is 1.43. The van der Waals surface area contributed by atoms with Gasteiger partial charge in [0.1, 0.15) is 6.33 Å². The van der Waals surface area contributed by atoms with Crippen LogP contribution in [0.25, 0.3) is 16.8 Å². The molecule has 0 aliphatic rings. The average Bonchev–Trinajstić information content (AvgIpc) is 3.35. The third kappa shape index (κ3) is 3.25. The number of carbonyl (C=O) groups is 1. The Morgan fingerprint density at radius 3 is 2.73 bits per heavy atom.